The lowest BCUT2D eigenvalue weighted by Crippen LogP contribution is -2.58. The quantitative estimate of drug-likeness (QED) is 0.329. The average Bonchev–Trinajstić information content (AvgIpc) is 3.38. The van der Waals surface area contributed by atoms with E-state index in [4.69, 9.17) is 4.65 Å². The van der Waals surface area contributed by atoms with Crippen molar-refractivity contribution in [2.45, 2.75) is 38.5 Å². The zero-order chi connectivity index (χ0) is 26.0. The Morgan fingerprint density at radius 1 is 1.22 bits per heavy atom. The summed E-state index contributed by atoms with van der Waals surface area (Å²) in [7, 11) is -1.32. The molecule has 4 rings (SSSR count). The molecule has 12 heteroatoms. The summed E-state index contributed by atoms with van der Waals surface area (Å²) in [5.74, 6) is -2.57. The van der Waals surface area contributed by atoms with Gasteiger partial charge >= 0.3 is 25.0 Å². The van der Waals surface area contributed by atoms with Crippen LogP contribution in [0, 0.1) is 0 Å². The van der Waals surface area contributed by atoms with E-state index >= 15 is 0 Å². The number of Topliss-reactive ketones (excluding diaryl/α,β-unsaturated/α-hetero) is 2. The van der Waals surface area contributed by atoms with Crippen molar-refractivity contribution in [3.8, 4) is 5.75 Å². The number of imide groups is 1. The minimum atomic E-state index is -1.32. The molecule has 1 saturated heterocycles. The van der Waals surface area contributed by atoms with Crippen molar-refractivity contribution in [2.24, 2.45) is 0 Å². The highest BCUT2D eigenvalue weighted by Gasteiger charge is 2.40. The van der Waals surface area contributed by atoms with Crippen LogP contribution in [0.3, 0.4) is 0 Å². The molecule has 1 aromatic heterocycles. The number of likely N-dealkylation sites (N-methyl/N-ethyl adjacent to an activating group) is 1. The summed E-state index contributed by atoms with van der Waals surface area (Å²) in [5, 5.41) is 16.7. The van der Waals surface area contributed by atoms with E-state index in [0.29, 0.717) is 35.4 Å². The summed E-state index contributed by atoms with van der Waals surface area (Å²) in [6, 6.07) is 4.91. The van der Waals surface area contributed by atoms with Gasteiger partial charge in [0, 0.05) is 31.9 Å². The summed E-state index contributed by atoms with van der Waals surface area (Å²) in [4.78, 5) is 65.1. The summed E-state index contributed by atoms with van der Waals surface area (Å²) in [6.45, 7) is 3.77. The van der Waals surface area contributed by atoms with Gasteiger partial charge in [-0.3, -0.25) is 24.1 Å². The highest BCUT2D eigenvalue weighted by atomic mass is 32.1. The van der Waals surface area contributed by atoms with Crippen LogP contribution in [0.4, 0.5) is 4.79 Å². The predicted octanol–water partition coefficient (Wildman–Crippen LogP) is 1.84. The molecule has 0 aliphatic carbocycles. The van der Waals surface area contributed by atoms with Gasteiger partial charge in [0.25, 0.3) is 0 Å². The SMILES string of the molecule is CCN1CCN(C(=O)NC(C(=O)C[C@H]2Cc3cccc(C(C)=O)c3OB2O)c2ccsc2)C(=O)C1=O. The lowest BCUT2D eigenvalue weighted by atomic mass is 9.64. The monoisotopic (exact) mass is 511 g/mol. The molecule has 0 spiro atoms. The van der Waals surface area contributed by atoms with Crippen molar-refractivity contribution in [1.82, 2.24) is 15.1 Å². The number of benzene rings is 1. The molecule has 2 aliphatic rings. The maximum absolute atomic E-state index is 13.4. The van der Waals surface area contributed by atoms with Crippen LogP contribution >= 0.6 is 11.3 Å². The zero-order valence-corrected chi connectivity index (χ0v) is 20.7. The van der Waals surface area contributed by atoms with Gasteiger partial charge in [-0.05, 0) is 54.3 Å². The summed E-state index contributed by atoms with van der Waals surface area (Å²) >= 11 is 1.34. The number of rotatable bonds is 7. The fourth-order valence-electron chi connectivity index (χ4n) is 4.47. The predicted molar refractivity (Wildman–Crippen MR) is 132 cm³/mol. The molecule has 1 fully saturated rings. The van der Waals surface area contributed by atoms with Crippen LogP contribution in [0.15, 0.2) is 35.0 Å². The van der Waals surface area contributed by atoms with Crippen LogP contribution < -0.4 is 9.97 Å². The number of hydrogen-bond acceptors (Lipinski definition) is 8. The van der Waals surface area contributed by atoms with Crippen LogP contribution in [0.5, 0.6) is 5.75 Å². The van der Waals surface area contributed by atoms with E-state index in [2.05, 4.69) is 5.32 Å². The van der Waals surface area contributed by atoms with Crippen molar-refractivity contribution in [3.05, 3.63) is 51.7 Å². The molecule has 2 aliphatic heterocycles. The lowest BCUT2D eigenvalue weighted by Gasteiger charge is -2.33. The van der Waals surface area contributed by atoms with Gasteiger partial charge in [0.1, 0.15) is 11.8 Å². The van der Waals surface area contributed by atoms with Gasteiger partial charge in [-0.15, -0.1) is 0 Å². The first-order chi connectivity index (χ1) is 17.2. The van der Waals surface area contributed by atoms with Crippen LogP contribution in [-0.4, -0.2) is 71.0 Å². The van der Waals surface area contributed by atoms with Gasteiger partial charge in [0.2, 0.25) is 0 Å². The summed E-state index contributed by atoms with van der Waals surface area (Å²) in [6.07, 6.45) is 0.182. The number of piperazine rings is 1. The molecule has 1 unspecified atom stereocenters. The highest BCUT2D eigenvalue weighted by molar-refractivity contribution is 7.08. The number of urea groups is 1. The van der Waals surface area contributed by atoms with Crippen molar-refractivity contribution >= 4 is 47.9 Å². The highest BCUT2D eigenvalue weighted by Crippen LogP contribution is 2.37. The first-order valence-corrected chi connectivity index (χ1v) is 12.6. The van der Waals surface area contributed by atoms with E-state index in [1.54, 1.807) is 41.9 Å². The molecule has 10 nitrogen and oxygen atoms in total. The van der Waals surface area contributed by atoms with Crippen molar-refractivity contribution < 1.29 is 33.7 Å². The first-order valence-electron chi connectivity index (χ1n) is 11.6. The third kappa shape index (κ3) is 5.05. The fraction of sp³-hybridized carbons (Fsp3) is 0.375. The maximum atomic E-state index is 13.4. The Kier molecular flexibility index (Phi) is 7.55. The molecule has 188 valence electrons. The molecule has 0 saturated carbocycles. The molecular formula is C24H26BN3O7S. The Hall–Kier alpha value is -3.51. The third-order valence-corrected chi connectivity index (χ3v) is 7.17. The molecule has 4 amide bonds. The van der Waals surface area contributed by atoms with Crippen LogP contribution in [-0.2, 0) is 20.8 Å². The van der Waals surface area contributed by atoms with Crippen LogP contribution in [0.25, 0.3) is 0 Å². The zero-order valence-electron chi connectivity index (χ0n) is 19.9. The number of ketones is 2. The largest absolute Gasteiger partial charge is 0.535 e. The molecule has 2 aromatic rings. The molecular weight excluding hydrogens is 485 g/mol. The fourth-order valence-corrected chi connectivity index (χ4v) is 5.16. The standard InChI is InChI=1S/C24H26BN3O7S/c1-3-27-8-9-28(23(32)22(27)31)24(33)26-20(16-7-10-36-13-16)19(30)12-17-11-15-5-4-6-18(14(2)29)21(15)35-25(17)34/h4-7,10,13,17,20,34H,3,8-9,11-12H2,1-2H3,(H,26,33)/t17-,20?/m1/s1. The van der Waals surface area contributed by atoms with Crippen LogP contribution in [0.1, 0.15) is 47.8 Å². The second kappa shape index (κ2) is 10.6. The number of hydrogen-bond donors (Lipinski definition) is 2. The minimum Gasteiger partial charge on any atom is -0.535 e. The smallest absolute Gasteiger partial charge is 0.526 e. The van der Waals surface area contributed by atoms with Crippen LogP contribution in [0.2, 0.25) is 5.82 Å². The van der Waals surface area contributed by atoms with E-state index in [1.165, 1.54) is 23.2 Å². The van der Waals surface area contributed by atoms with E-state index in [9.17, 15) is 29.0 Å². The van der Waals surface area contributed by atoms with Gasteiger partial charge in [-0.25, -0.2) is 4.79 Å². The molecule has 3 heterocycles. The summed E-state index contributed by atoms with van der Waals surface area (Å²) < 4.78 is 5.63. The Bertz CT molecular complexity index is 1200. The number of nitrogens with one attached hydrogen (secondary N) is 1. The number of thiophene rings is 1. The second-order valence-electron chi connectivity index (χ2n) is 8.77. The first kappa shape index (κ1) is 25.6. The minimum absolute atomic E-state index is 0.0270. The van der Waals surface area contributed by atoms with Gasteiger partial charge in [-0.1, -0.05) is 12.1 Å². The molecule has 1 aromatic carbocycles. The van der Waals surface area contributed by atoms with Crippen molar-refractivity contribution in [3.63, 3.8) is 0 Å². The number of carbonyl (C=O) groups excluding carboxylic acids is 5. The van der Waals surface area contributed by atoms with E-state index in [-0.39, 0.29) is 31.1 Å². The second-order valence-corrected chi connectivity index (χ2v) is 9.55. The van der Waals surface area contributed by atoms with Crippen molar-refractivity contribution in [2.75, 3.05) is 19.6 Å². The Balaban J connectivity index is 1.50. The molecule has 2 N–H and O–H groups in total. The average molecular weight is 511 g/mol. The van der Waals surface area contributed by atoms with Gasteiger partial charge in [0.05, 0.1) is 5.56 Å². The lowest BCUT2D eigenvalue weighted by molar-refractivity contribution is -0.153. The Morgan fingerprint density at radius 2 is 2.00 bits per heavy atom. The van der Waals surface area contributed by atoms with Gasteiger partial charge in [0.15, 0.2) is 11.6 Å². The Morgan fingerprint density at radius 3 is 2.67 bits per heavy atom. The third-order valence-electron chi connectivity index (χ3n) is 6.47. The molecule has 36 heavy (non-hydrogen) atoms. The number of para-hydroxylation sites is 1. The van der Waals surface area contributed by atoms with Crippen molar-refractivity contribution in [1.29, 1.82) is 0 Å². The van der Waals surface area contributed by atoms with Gasteiger partial charge in [-0.2, -0.15) is 11.3 Å². The Labute approximate surface area is 212 Å². The van der Waals surface area contributed by atoms with E-state index in [0.717, 1.165) is 4.90 Å². The molecule has 2 atom stereocenters. The van der Waals surface area contributed by atoms with E-state index in [1.807, 2.05) is 0 Å². The molecule has 0 bridgehead atoms. The normalized spacial score (nSPS) is 18.4. The molecule has 0 radical (unpaired) electrons. The summed E-state index contributed by atoms with van der Waals surface area (Å²) in [5.41, 5.74) is 1.61. The number of fused-ring (bicyclic) bond motifs is 1. The maximum Gasteiger partial charge on any atom is 0.526 e. The number of nitrogens with zero attached hydrogens (tertiary/aromatic N) is 2. The number of amides is 4. The van der Waals surface area contributed by atoms with Gasteiger partial charge < -0.3 is 19.9 Å². The topological polar surface area (TPSA) is 133 Å². The van der Waals surface area contributed by atoms with E-state index < -0.39 is 36.8 Å². The number of carbonyl (C=O) groups is 5.